The molecule has 0 atom stereocenters. The number of aromatic nitrogens is 4. The molecule has 0 aliphatic rings. The molecule has 104 valence electrons. The molecule has 9 heteroatoms. The summed E-state index contributed by atoms with van der Waals surface area (Å²) in [6.45, 7) is -1.20. The number of hydrogen-bond acceptors (Lipinski definition) is 6. The molecule has 0 saturated heterocycles. The summed E-state index contributed by atoms with van der Waals surface area (Å²) in [7, 11) is 1.62. The molecule has 2 aromatic heterocycles. The minimum atomic E-state index is -2.71. The third kappa shape index (κ3) is 2.49. The molecular weight excluding hydrogens is 268 g/mol. The Morgan fingerprint density at radius 2 is 2.15 bits per heavy atom. The van der Waals surface area contributed by atoms with Gasteiger partial charge in [0.05, 0.1) is 23.8 Å². The third-order valence-corrected chi connectivity index (χ3v) is 2.62. The lowest BCUT2D eigenvalue weighted by Gasteiger charge is -2.07. The largest absolute Gasteiger partial charge is 0.372 e. The third-order valence-electron chi connectivity index (χ3n) is 2.62. The van der Waals surface area contributed by atoms with Crippen LogP contribution in [0.5, 0.6) is 0 Å². The highest BCUT2D eigenvalue weighted by atomic mass is 19.3. The minimum absolute atomic E-state index is 0.185. The van der Waals surface area contributed by atoms with E-state index in [0.717, 1.165) is 0 Å². The first-order valence-corrected chi connectivity index (χ1v) is 5.61. The fraction of sp³-hybridized carbons (Fsp3) is 0.273. The smallest absolute Gasteiger partial charge is 0.333 e. The van der Waals surface area contributed by atoms with Gasteiger partial charge in [0.25, 0.3) is 0 Å². The van der Waals surface area contributed by atoms with Gasteiger partial charge < -0.3 is 10.6 Å². The van der Waals surface area contributed by atoms with Crippen LogP contribution in [-0.2, 0) is 0 Å². The number of nitriles is 1. The summed E-state index contributed by atoms with van der Waals surface area (Å²) in [5, 5.41) is 18.0. The molecule has 2 aromatic rings. The molecule has 0 aliphatic carbocycles. The first-order chi connectivity index (χ1) is 9.56. The molecule has 2 heterocycles. The van der Waals surface area contributed by atoms with Gasteiger partial charge in [-0.1, -0.05) is 0 Å². The van der Waals surface area contributed by atoms with Crippen molar-refractivity contribution in [3.63, 3.8) is 0 Å². The Labute approximate surface area is 113 Å². The second-order valence-corrected chi connectivity index (χ2v) is 3.81. The van der Waals surface area contributed by atoms with E-state index < -0.39 is 6.55 Å². The van der Waals surface area contributed by atoms with Crippen molar-refractivity contribution >= 4 is 17.5 Å². The first-order valence-electron chi connectivity index (χ1n) is 5.61. The predicted octanol–water partition coefficient (Wildman–Crippen LogP) is 2.03. The average molecular weight is 279 g/mol. The first kappa shape index (κ1) is 13.7. The highest BCUT2D eigenvalue weighted by Crippen LogP contribution is 2.22. The fourth-order valence-corrected chi connectivity index (χ4v) is 1.58. The maximum atomic E-state index is 12.6. The lowest BCUT2D eigenvalue weighted by Crippen LogP contribution is -2.05. The van der Waals surface area contributed by atoms with Crippen molar-refractivity contribution in [3.8, 4) is 6.07 Å². The molecule has 0 aromatic carbocycles. The van der Waals surface area contributed by atoms with Crippen molar-refractivity contribution in [3.05, 3.63) is 23.7 Å². The maximum absolute atomic E-state index is 12.6. The standard InChI is InChI=1S/C11H11F2N7/c1-6-8(5-17-20(6)10(12)13)18-11-16-4-7(3-14)9(15-2)19-11/h4-5,10H,1-2H3,(H2,15,16,18,19). The maximum Gasteiger partial charge on any atom is 0.333 e. The molecule has 2 rings (SSSR count). The zero-order valence-corrected chi connectivity index (χ0v) is 10.7. The monoisotopic (exact) mass is 279 g/mol. The summed E-state index contributed by atoms with van der Waals surface area (Å²) in [5.41, 5.74) is 0.925. The van der Waals surface area contributed by atoms with E-state index in [0.29, 0.717) is 16.2 Å². The molecule has 2 N–H and O–H groups in total. The summed E-state index contributed by atoms with van der Waals surface area (Å²) in [4.78, 5) is 8.01. The molecule has 0 aliphatic heterocycles. The number of alkyl halides is 2. The normalized spacial score (nSPS) is 10.4. The van der Waals surface area contributed by atoms with Gasteiger partial charge in [-0.05, 0) is 6.92 Å². The van der Waals surface area contributed by atoms with E-state index in [1.165, 1.54) is 19.3 Å². The molecular formula is C11H11F2N7. The highest BCUT2D eigenvalue weighted by molar-refractivity contribution is 5.59. The Bertz CT molecular complexity index is 659. The Morgan fingerprint density at radius 1 is 1.40 bits per heavy atom. The van der Waals surface area contributed by atoms with Gasteiger partial charge in [-0.2, -0.15) is 24.1 Å². The molecule has 0 spiro atoms. The van der Waals surface area contributed by atoms with Crippen LogP contribution in [-0.4, -0.2) is 26.8 Å². The summed E-state index contributed by atoms with van der Waals surface area (Å²) < 4.78 is 25.8. The number of halogens is 2. The number of hydrogen-bond donors (Lipinski definition) is 2. The van der Waals surface area contributed by atoms with E-state index in [1.54, 1.807) is 7.05 Å². The van der Waals surface area contributed by atoms with Crippen molar-refractivity contribution in [1.29, 1.82) is 5.26 Å². The number of rotatable bonds is 4. The van der Waals surface area contributed by atoms with Gasteiger partial charge in [0.15, 0.2) is 0 Å². The van der Waals surface area contributed by atoms with E-state index in [2.05, 4.69) is 25.7 Å². The van der Waals surface area contributed by atoms with Crippen LogP contribution < -0.4 is 10.6 Å². The minimum Gasteiger partial charge on any atom is -0.372 e. The van der Waals surface area contributed by atoms with Crippen LogP contribution in [0.3, 0.4) is 0 Å². The van der Waals surface area contributed by atoms with Crippen molar-refractivity contribution < 1.29 is 8.78 Å². The van der Waals surface area contributed by atoms with Crippen LogP contribution >= 0.6 is 0 Å². The van der Waals surface area contributed by atoms with Crippen LogP contribution in [0.1, 0.15) is 17.8 Å². The molecule has 0 fully saturated rings. The van der Waals surface area contributed by atoms with Crippen LogP contribution in [0.25, 0.3) is 0 Å². The number of anilines is 3. The van der Waals surface area contributed by atoms with E-state index >= 15 is 0 Å². The van der Waals surface area contributed by atoms with Crippen LogP contribution in [0, 0.1) is 18.3 Å². The van der Waals surface area contributed by atoms with Gasteiger partial charge in [-0.15, -0.1) is 0 Å². The lowest BCUT2D eigenvalue weighted by molar-refractivity contribution is 0.0545. The highest BCUT2D eigenvalue weighted by Gasteiger charge is 2.14. The van der Waals surface area contributed by atoms with Gasteiger partial charge in [-0.25, -0.2) is 9.67 Å². The zero-order chi connectivity index (χ0) is 14.7. The Hall–Kier alpha value is -2.76. The van der Waals surface area contributed by atoms with Gasteiger partial charge >= 0.3 is 6.55 Å². The van der Waals surface area contributed by atoms with E-state index in [4.69, 9.17) is 5.26 Å². The molecule has 20 heavy (non-hydrogen) atoms. The van der Waals surface area contributed by atoms with Crippen molar-refractivity contribution in [2.24, 2.45) is 0 Å². The SMILES string of the molecule is CNc1nc(Nc2cnn(C(F)F)c2C)ncc1C#N. The van der Waals surface area contributed by atoms with Crippen molar-refractivity contribution in [2.75, 3.05) is 17.7 Å². The molecule has 0 saturated carbocycles. The van der Waals surface area contributed by atoms with E-state index in [1.807, 2.05) is 6.07 Å². The van der Waals surface area contributed by atoms with Gasteiger partial charge in [0.1, 0.15) is 17.5 Å². The van der Waals surface area contributed by atoms with Crippen molar-refractivity contribution in [2.45, 2.75) is 13.5 Å². The van der Waals surface area contributed by atoms with Crippen LogP contribution in [0.4, 0.5) is 26.2 Å². The number of nitrogens with zero attached hydrogens (tertiary/aromatic N) is 5. The quantitative estimate of drug-likeness (QED) is 0.889. The second kappa shape index (κ2) is 5.48. The summed E-state index contributed by atoms with van der Waals surface area (Å²) in [6, 6.07) is 1.94. The molecule has 7 nitrogen and oxygen atoms in total. The van der Waals surface area contributed by atoms with Crippen LogP contribution in [0.15, 0.2) is 12.4 Å². The second-order valence-electron chi connectivity index (χ2n) is 3.81. The fourth-order valence-electron chi connectivity index (χ4n) is 1.58. The zero-order valence-electron chi connectivity index (χ0n) is 10.7. The molecule has 0 radical (unpaired) electrons. The Kier molecular flexibility index (Phi) is 3.74. The Morgan fingerprint density at radius 3 is 2.70 bits per heavy atom. The lowest BCUT2D eigenvalue weighted by atomic mass is 10.3. The van der Waals surface area contributed by atoms with Gasteiger partial charge in [-0.3, -0.25) is 0 Å². The molecule has 0 bridgehead atoms. The average Bonchev–Trinajstić information content (AvgIpc) is 2.80. The van der Waals surface area contributed by atoms with E-state index in [9.17, 15) is 8.78 Å². The number of nitrogens with one attached hydrogen (secondary N) is 2. The molecule has 0 unspecified atom stereocenters. The van der Waals surface area contributed by atoms with Gasteiger partial charge in [0.2, 0.25) is 5.95 Å². The summed E-state index contributed by atoms with van der Waals surface area (Å²) in [5.74, 6) is 0.536. The van der Waals surface area contributed by atoms with Crippen molar-refractivity contribution in [1.82, 2.24) is 19.7 Å². The Balaban J connectivity index is 2.29. The van der Waals surface area contributed by atoms with Gasteiger partial charge in [0, 0.05) is 7.05 Å². The topological polar surface area (TPSA) is 91.4 Å². The summed E-state index contributed by atoms with van der Waals surface area (Å²) >= 11 is 0. The van der Waals surface area contributed by atoms with E-state index in [-0.39, 0.29) is 17.2 Å². The molecule has 0 amide bonds. The van der Waals surface area contributed by atoms with Crippen LogP contribution in [0.2, 0.25) is 0 Å². The predicted molar refractivity (Wildman–Crippen MR) is 67.8 cm³/mol. The summed E-state index contributed by atoms with van der Waals surface area (Å²) in [6.07, 6.45) is 2.61.